The Hall–Kier alpha value is -1.43. The van der Waals surface area contributed by atoms with Gasteiger partial charge in [-0.2, -0.15) is 0 Å². The molecule has 3 fully saturated rings. The summed E-state index contributed by atoms with van der Waals surface area (Å²) in [6, 6.07) is 9.93. The molecule has 0 spiro atoms. The first kappa shape index (κ1) is 13.2. The Kier molecular flexibility index (Phi) is 3.21. The number of benzene rings is 1. The monoisotopic (exact) mass is 289 g/mol. The van der Waals surface area contributed by atoms with Crippen molar-refractivity contribution in [3.05, 3.63) is 35.9 Å². The molecule has 5 heteroatoms. The fraction of sp³-hybridized carbons (Fsp3) is 0.562. The molecule has 0 saturated carbocycles. The fourth-order valence-corrected chi connectivity index (χ4v) is 3.66. The minimum atomic E-state index is -0.593. The summed E-state index contributed by atoms with van der Waals surface area (Å²) in [6.07, 6.45) is 2.18. The van der Waals surface area contributed by atoms with Crippen LogP contribution in [0.1, 0.15) is 24.3 Å². The summed E-state index contributed by atoms with van der Waals surface area (Å²) in [6.45, 7) is -0.227. The zero-order chi connectivity index (χ0) is 14.4. The average Bonchev–Trinajstić information content (AvgIpc) is 3.25. The Morgan fingerprint density at radius 2 is 1.95 bits per heavy atom. The van der Waals surface area contributed by atoms with Gasteiger partial charge in [-0.3, -0.25) is 4.79 Å². The minimum absolute atomic E-state index is 0.0667. The van der Waals surface area contributed by atoms with E-state index in [2.05, 4.69) is 5.32 Å². The van der Waals surface area contributed by atoms with E-state index in [1.54, 1.807) is 0 Å². The van der Waals surface area contributed by atoms with Crippen molar-refractivity contribution in [2.24, 2.45) is 0 Å². The summed E-state index contributed by atoms with van der Waals surface area (Å²) < 4.78 is 11.2. The van der Waals surface area contributed by atoms with Gasteiger partial charge < -0.3 is 19.9 Å². The lowest BCUT2D eigenvalue weighted by atomic mass is 9.98. The van der Waals surface area contributed by atoms with Crippen molar-refractivity contribution in [3.63, 3.8) is 0 Å². The number of carbonyl (C=O) groups is 1. The minimum Gasteiger partial charge on any atom is -0.462 e. The van der Waals surface area contributed by atoms with Crippen LogP contribution in [0.4, 0.5) is 0 Å². The Morgan fingerprint density at radius 3 is 2.57 bits per heavy atom. The first-order valence-electron chi connectivity index (χ1n) is 7.54. The Balaban J connectivity index is 1.41. The van der Waals surface area contributed by atoms with Crippen LogP contribution in [0.15, 0.2) is 30.3 Å². The maximum atomic E-state index is 12.3. The SMILES string of the molecule is O=C(OC1C[C@@H]2N[C@H](C1)[C@H]1OC21)[C@H](CO)c1ccccc1. The Bertz CT molecular complexity index is 518. The van der Waals surface area contributed by atoms with Crippen molar-refractivity contribution in [3.8, 4) is 0 Å². The number of hydrogen-bond acceptors (Lipinski definition) is 5. The molecular formula is C16H19NO4. The molecule has 2 bridgehead atoms. The molecule has 1 aromatic rings. The number of piperidine rings is 1. The molecule has 5 nitrogen and oxygen atoms in total. The predicted molar refractivity (Wildman–Crippen MR) is 74.8 cm³/mol. The highest BCUT2D eigenvalue weighted by Gasteiger charge is 2.59. The zero-order valence-electron chi connectivity index (χ0n) is 11.6. The number of aliphatic hydroxyl groups is 1. The van der Waals surface area contributed by atoms with E-state index in [1.807, 2.05) is 30.3 Å². The molecule has 3 aliphatic rings. The van der Waals surface area contributed by atoms with Gasteiger partial charge in [0.2, 0.25) is 0 Å². The lowest BCUT2D eigenvalue weighted by Crippen LogP contribution is -2.47. The first-order valence-corrected chi connectivity index (χ1v) is 7.54. The number of nitrogens with one attached hydrogen (secondary N) is 1. The van der Waals surface area contributed by atoms with Crippen molar-refractivity contribution in [1.29, 1.82) is 0 Å². The fourth-order valence-electron chi connectivity index (χ4n) is 3.66. The molecule has 2 unspecified atom stereocenters. The summed E-state index contributed by atoms with van der Waals surface area (Å²) in [5.41, 5.74) is 0.799. The molecule has 21 heavy (non-hydrogen) atoms. The zero-order valence-corrected chi connectivity index (χ0v) is 11.6. The lowest BCUT2D eigenvalue weighted by molar-refractivity contribution is -0.154. The summed E-state index contributed by atoms with van der Waals surface area (Å²) >= 11 is 0. The quantitative estimate of drug-likeness (QED) is 0.626. The third kappa shape index (κ3) is 2.35. The van der Waals surface area contributed by atoms with E-state index in [0.29, 0.717) is 24.3 Å². The number of hydrogen-bond donors (Lipinski definition) is 2. The molecule has 4 rings (SSSR count). The molecule has 2 N–H and O–H groups in total. The number of carbonyl (C=O) groups excluding carboxylic acids is 1. The van der Waals surface area contributed by atoms with Gasteiger partial charge in [0, 0.05) is 24.9 Å². The van der Waals surface area contributed by atoms with Crippen molar-refractivity contribution in [2.75, 3.05) is 6.61 Å². The smallest absolute Gasteiger partial charge is 0.316 e. The second kappa shape index (κ2) is 5.09. The highest BCUT2D eigenvalue weighted by atomic mass is 16.6. The Morgan fingerprint density at radius 1 is 1.29 bits per heavy atom. The van der Waals surface area contributed by atoms with Crippen molar-refractivity contribution >= 4 is 5.97 Å². The average molecular weight is 289 g/mol. The van der Waals surface area contributed by atoms with Crippen LogP contribution in [0.5, 0.6) is 0 Å². The molecule has 0 aliphatic carbocycles. The van der Waals surface area contributed by atoms with Gasteiger partial charge in [-0.15, -0.1) is 0 Å². The van der Waals surface area contributed by atoms with Crippen molar-refractivity contribution in [1.82, 2.24) is 5.32 Å². The highest BCUT2D eigenvalue weighted by molar-refractivity contribution is 5.78. The van der Waals surface area contributed by atoms with E-state index < -0.39 is 5.92 Å². The number of rotatable bonds is 4. The number of fused-ring (bicyclic) bond motifs is 5. The van der Waals surface area contributed by atoms with E-state index in [4.69, 9.17) is 9.47 Å². The number of esters is 1. The number of ether oxygens (including phenoxy) is 2. The summed E-state index contributed by atoms with van der Waals surface area (Å²) in [5.74, 6) is -0.922. The van der Waals surface area contributed by atoms with Gasteiger partial charge in [0.25, 0.3) is 0 Å². The number of morpholine rings is 1. The van der Waals surface area contributed by atoms with Gasteiger partial charge in [-0.1, -0.05) is 30.3 Å². The maximum Gasteiger partial charge on any atom is 0.316 e. The molecule has 112 valence electrons. The van der Waals surface area contributed by atoms with Gasteiger partial charge in [0.05, 0.1) is 6.61 Å². The topological polar surface area (TPSA) is 71.1 Å². The third-order valence-electron chi connectivity index (χ3n) is 4.77. The third-order valence-corrected chi connectivity index (χ3v) is 4.77. The standard InChI is InChI=1S/C16H19NO4/c18-8-11(9-4-2-1-3-5-9)16(19)20-10-6-12-14-15(21-14)13(7-10)17-12/h1-5,10-15,17-18H,6-8H2/t10?,11-,12-,13+,14-,15?/m1/s1. The van der Waals surface area contributed by atoms with E-state index in [0.717, 1.165) is 18.4 Å². The highest BCUT2D eigenvalue weighted by Crippen LogP contribution is 2.42. The molecule has 1 aromatic carbocycles. The molecule has 3 aliphatic heterocycles. The molecule has 0 radical (unpaired) electrons. The van der Waals surface area contributed by atoms with Crippen LogP contribution in [0, 0.1) is 0 Å². The van der Waals surface area contributed by atoms with E-state index >= 15 is 0 Å². The number of aliphatic hydroxyl groups excluding tert-OH is 1. The van der Waals surface area contributed by atoms with Crippen LogP contribution < -0.4 is 5.32 Å². The summed E-state index contributed by atoms with van der Waals surface area (Å²) in [7, 11) is 0. The van der Waals surface area contributed by atoms with Crippen molar-refractivity contribution in [2.45, 2.75) is 49.2 Å². The number of epoxide rings is 1. The van der Waals surface area contributed by atoms with E-state index in [1.165, 1.54) is 0 Å². The van der Waals surface area contributed by atoms with Gasteiger partial charge >= 0.3 is 5.97 Å². The van der Waals surface area contributed by atoms with Gasteiger partial charge in [0.15, 0.2) is 0 Å². The lowest BCUT2D eigenvalue weighted by Gasteiger charge is -2.31. The maximum absolute atomic E-state index is 12.3. The van der Waals surface area contributed by atoms with E-state index in [9.17, 15) is 9.90 Å². The largest absolute Gasteiger partial charge is 0.462 e. The molecule has 6 atom stereocenters. The van der Waals surface area contributed by atoms with Crippen LogP contribution >= 0.6 is 0 Å². The van der Waals surface area contributed by atoms with Gasteiger partial charge in [0.1, 0.15) is 24.2 Å². The molecule has 0 aromatic heterocycles. The predicted octanol–water partition coefficient (Wildman–Crippen LogP) is 0.576. The van der Waals surface area contributed by atoms with Crippen LogP contribution in [-0.4, -0.2) is 48.1 Å². The molecule has 3 heterocycles. The normalized spacial score (nSPS) is 37.7. The van der Waals surface area contributed by atoms with E-state index in [-0.39, 0.29) is 18.7 Å². The van der Waals surface area contributed by atoms with Gasteiger partial charge in [-0.25, -0.2) is 0 Å². The first-order chi connectivity index (χ1) is 10.3. The summed E-state index contributed by atoms with van der Waals surface area (Å²) in [4.78, 5) is 12.3. The van der Waals surface area contributed by atoms with Crippen LogP contribution in [0.3, 0.4) is 0 Å². The van der Waals surface area contributed by atoms with Crippen molar-refractivity contribution < 1.29 is 19.4 Å². The molecule has 3 saturated heterocycles. The molecular weight excluding hydrogens is 270 g/mol. The second-order valence-electron chi connectivity index (χ2n) is 6.12. The Labute approximate surface area is 123 Å². The van der Waals surface area contributed by atoms with Gasteiger partial charge in [-0.05, 0) is 5.56 Å². The summed E-state index contributed by atoms with van der Waals surface area (Å²) in [5, 5.41) is 13.0. The van der Waals surface area contributed by atoms with Crippen LogP contribution in [0.2, 0.25) is 0 Å². The van der Waals surface area contributed by atoms with Crippen LogP contribution in [0.25, 0.3) is 0 Å². The second-order valence-corrected chi connectivity index (χ2v) is 6.12. The van der Waals surface area contributed by atoms with Crippen LogP contribution in [-0.2, 0) is 14.3 Å². The molecule has 0 amide bonds.